The van der Waals surface area contributed by atoms with Gasteiger partial charge < -0.3 is 9.47 Å². The van der Waals surface area contributed by atoms with Crippen molar-refractivity contribution in [1.29, 1.82) is 0 Å². The summed E-state index contributed by atoms with van der Waals surface area (Å²) in [6.07, 6.45) is 0. The maximum atomic E-state index is 13.7. The summed E-state index contributed by atoms with van der Waals surface area (Å²) < 4.78 is 37.0. The molecule has 0 bridgehead atoms. The number of benzene rings is 1. The van der Waals surface area contributed by atoms with E-state index in [0.717, 1.165) is 12.1 Å². The van der Waals surface area contributed by atoms with Crippen LogP contribution >= 0.6 is 0 Å². The van der Waals surface area contributed by atoms with Crippen LogP contribution in [0.1, 0.15) is 18.5 Å². The Morgan fingerprint density at radius 3 is 2.53 bits per heavy atom. The Balaban J connectivity index is 2.97. The third-order valence-electron chi connectivity index (χ3n) is 2.47. The van der Waals surface area contributed by atoms with Crippen LogP contribution in [0, 0.1) is 11.6 Å². The van der Waals surface area contributed by atoms with Gasteiger partial charge in [0.05, 0.1) is 18.8 Å². The quantitative estimate of drug-likeness (QED) is 0.608. The van der Waals surface area contributed by atoms with Gasteiger partial charge in [-0.3, -0.25) is 5.32 Å². The molecule has 0 aliphatic rings. The first-order valence-electron chi connectivity index (χ1n) is 5.94. The minimum absolute atomic E-state index is 0.136. The molecule has 106 valence electrons. The number of carbonyl (C=O) groups excluding carboxylic acids is 1. The van der Waals surface area contributed by atoms with Gasteiger partial charge in [-0.05, 0) is 19.1 Å². The van der Waals surface area contributed by atoms with Crippen LogP contribution in [0.25, 0.3) is 0 Å². The number of carbonyl (C=O) groups is 1. The van der Waals surface area contributed by atoms with Crippen molar-refractivity contribution in [2.24, 2.45) is 0 Å². The topological polar surface area (TPSA) is 47.6 Å². The molecule has 1 aromatic carbocycles. The molecule has 0 aliphatic carbocycles. The lowest BCUT2D eigenvalue weighted by Crippen LogP contribution is -2.33. The first kappa shape index (κ1) is 15.5. The number of nitrogens with one attached hydrogen (secondary N) is 1. The fourth-order valence-corrected chi connectivity index (χ4v) is 1.62. The number of hydrogen-bond donors (Lipinski definition) is 1. The Labute approximate surface area is 110 Å². The average Bonchev–Trinajstić information content (AvgIpc) is 2.37. The van der Waals surface area contributed by atoms with Crippen LogP contribution < -0.4 is 5.32 Å². The molecule has 0 saturated carbocycles. The number of ether oxygens (including phenoxy) is 2. The summed E-state index contributed by atoms with van der Waals surface area (Å²) >= 11 is 0. The summed E-state index contributed by atoms with van der Waals surface area (Å²) in [5.74, 6) is -2.30. The molecule has 0 fully saturated rings. The molecular formula is C13H17F2NO3. The van der Waals surface area contributed by atoms with Gasteiger partial charge in [-0.1, -0.05) is 6.07 Å². The van der Waals surface area contributed by atoms with Gasteiger partial charge in [0.15, 0.2) is 0 Å². The Hall–Kier alpha value is -1.53. The predicted octanol–water partition coefficient (Wildman–Crippen LogP) is 1.80. The van der Waals surface area contributed by atoms with E-state index in [4.69, 9.17) is 9.47 Å². The highest BCUT2D eigenvalue weighted by molar-refractivity contribution is 5.77. The van der Waals surface area contributed by atoms with E-state index in [1.54, 1.807) is 6.92 Å². The van der Waals surface area contributed by atoms with Crippen LogP contribution in [0.5, 0.6) is 0 Å². The van der Waals surface area contributed by atoms with Crippen LogP contribution in [-0.4, -0.2) is 32.8 Å². The summed E-state index contributed by atoms with van der Waals surface area (Å²) in [6, 6.07) is 2.26. The SMILES string of the molecule is CCOC(=O)C(NCCOC)c1c(F)cccc1F. The minimum atomic E-state index is -1.18. The predicted molar refractivity (Wildman–Crippen MR) is 65.6 cm³/mol. The van der Waals surface area contributed by atoms with E-state index in [1.165, 1.54) is 13.2 Å². The van der Waals surface area contributed by atoms with Gasteiger partial charge in [0.2, 0.25) is 0 Å². The molecule has 1 aromatic rings. The normalized spacial score (nSPS) is 12.2. The largest absolute Gasteiger partial charge is 0.465 e. The Morgan fingerprint density at radius 2 is 2.00 bits per heavy atom. The Morgan fingerprint density at radius 1 is 1.37 bits per heavy atom. The number of rotatable bonds is 7. The number of methoxy groups -OCH3 is 1. The zero-order valence-electron chi connectivity index (χ0n) is 10.9. The van der Waals surface area contributed by atoms with Crippen molar-refractivity contribution >= 4 is 5.97 Å². The van der Waals surface area contributed by atoms with Crippen molar-refractivity contribution in [3.63, 3.8) is 0 Å². The van der Waals surface area contributed by atoms with Crippen LogP contribution in [-0.2, 0) is 14.3 Å². The molecule has 0 amide bonds. The molecular weight excluding hydrogens is 256 g/mol. The van der Waals surface area contributed by atoms with Gasteiger partial charge in [0, 0.05) is 13.7 Å². The smallest absolute Gasteiger partial charge is 0.327 e. The second-order valence-electron chi connectivity index (χ2n) is 3.77. The maximum absolute atomic E-state index is 13.7. The van der Waals surface area contributed by atoms with Gasteiger partial charge in [0.25, 0.3) is 0 Å². The number of hydrogen-bond acceptors (Lipinski definition) is 4. The standard InChI is InChI=1S/C13H17F2NO3/c1-3-19-13(17)12(16-7-8-18-2)11-9(14)5-4-6-10(11)15/h4-6,12,16H,3,7-8H2,1-2H3. The van der Waals surface area contributed by atoms with Gasteiger partial charge in [-0.2, -0.15) is 0 Å². The van der Waals surface area contributed by atoms with Crippen molar-refractivity contribution in [3.8, 4) is 0 Å². The highest BCUT2D eigenvalue weighted by atomic mass is 19.1. The lowest BCUT2D eigenvalue weighted by atomic mass is 10.1. The molecule has 0 aliphatic heterocycles. The van der Waals surface area contributed by atoms with E-state index in [1.807, 2.05) is 0 Å². The highest BCUT2D eigenvalue weighted by Gasteiger charge is 2.27. The molecule has 4 nitrogen and oxygen atoms in total. The van der Waals surface area contributed by atoms with E-state index in [0.29, 0.717) is 6.61 Å². The highest BCUT2D eigenvalue weighted by Crippen LogP contribution is 2.21. The molecule has 0 spiro atoms. The summed E-state index contributed by atoms with van der Waals surface area (Å²) in [6.45, 7) is 2.35. The zero-order valence-corrected chi connectivity index (χ0v) is 10.9. The van der Waals surface area contributed by atoms with Crippen LogP contribution in [0.2, 0.25) is 0 Å². The van der Waals surface area contributed by atoms with Gasteiger partial charge in [-0.25, -0.2) is 13.6 Å². The van der Waals surface area contributed by atoms with Crippen LogP contribution in [0.15, 0.2) is 18.2 Å². The monoisotopic (exact) mass is 273 g/mol. The average molecular weight is 273 g/mol. The Bertz CT molecular complexity index is 406. The van der Waals surface area contributed by atoms with Gasteiger partial charge >= 0.3 is 5.97 Å². The molecule has 6 heteroatoms. The minimum Gasteiger partial charge on any atom is -0.465 e. The number of esters is 1. The second kappa shape index (κ2) is 7.81. The molecule has 1 N–H and O–H groups in total. The summed E-state index contributed by atoms with van der Waals surface area (Å²) in [7, 11) is 1.49. The fraction of sp³-hybridized carbons (Fsp3) is 0.462. The van der Waals surface area contributed by atoms with Crippen molar-refractivity contribution in [3.05, 3.63) is 35.4 Å². The van der Waals surface area contributed by atoms with E-state index in [9.17, 15) is 13.6 Å². The van der Waals surface area contributed by atoms with Crippen molar-refractivity contribution in [2.45, 2.75) is 13.0 Å². The molecule has 1 unspecified atom stereocenters. The number of halogens is 2. The molecule has 1 rings (SSSR count). The second-order valence-corrected chi connectivity index (χ2v) is 3.77. The summed E-state index contributed by atoms with van der Waals surface area (Å²) in [4.78, 5) is 11.8. The van der Waals surface area contributed by atoms with E-state index >= 15 is 0 Å². The van der Waals surface area contributed by atoms with Gasteiger partial charge in [0.1, 0.15) is 17.7 Å². The van der Waals surface area contributed by atoms with E-state index in [2.05, 4.69) is 5.32 Å². The first-order valence-corrected chi connectivity index (χ1v) is 5.94. The van der Waals surface area contributed by atoms with Crippen LogP contribution in [0.3, 0.4) is 0 Å². The zero-order chi connectivity index (χ0) is 14.3. The van der Waals surface area contributed by atoms with Crippen molar-refractivity contribution < 1.29 is 23.0 Å². The summed E-state index contributed by atoms with van der Waals surface area (Å²) in [5.41, 5.74) is -0.336. The lowest BCUT2D eigenvalue weighted by molar-refractivity contribution is -0.146. The maximum Gasteiger partial charge on any atom is 0.327 e. The van der Waals surface area contributed by atoms with Crippen molar-refractivity contribution in [1.82, 2.24) is 5.32 Å². The molecule has 0 radical (unpaired) electrons. The van der Waals surface area contributed by atoms with E-state index < -0.39 is 23.6 Å². The summed E-state index contributed by atoms with van der Waals surface area (Å²) in [5, 5.41) is 2.72. The Kier molecular flexibility index (Phi) is 6.38. The molecule has 19 heavy (non-hydrogen) atoms. The fourth-order valence-electron chi connectivity index (χ4n) is 1.62. The van der Waals surface area contributed by atoms with Gasteiger partial charge in [-0.15, -0.1) is 0 Å². The molecule has 0 saturated heterocycles. The molecule has 1 atom stereocenters. The molecule has 0 aromatic heterocycles. The van der Waals surface area contributed by atoms with E-state index in [-0.39, 0.29) is 18.7 Å². The molecule has 0 heterocycles. The van der Waals surface area contributed by atoms with Crippen molar-refractivity contribution in [2.75, 3.05) is 26.9 Å². The third kappa shape index (κ3) is 4.25. The van der Waals surface area contributed by atoms with Crippen LogP contribution in [0.4, 0.5) is 8.78 Å². The first-order chi connectivity index (χ1) is 9.11. The lowest BCUT2D eigenvalue weighted by Gasteiger charge is -2.18. The third-order valence-corrected chi connectivity index (χ3v) is 2.47.